The predicted octanol–water partition coefficient (Wildman–Crippen LogP) is 3.36. The third kappa shape index (κ3) is 2.24. The molecule has 0 amide bonds. The SMILES string of the molecule is Cc1c(Cl)c([N+](=O)[O-])c2nc(C(F)(F)F)[nH]c2c1[N+](=O)[O-]. The summed E-state index contributed by atoms with van der Waals surface area (Å²) in [5.74, 6) is -1.58. The van der Waals surface area contributed by atoms with Gasteiger partial charge in [-0.1, -0.05) is 11.6 Å². The molecule has 0 aliphatic heterocycles. The monoisotopic (exact) mass is 324 g/mol. The van der Waals surface area contributed by atoms with E-state index in [-0.39, 0.29) is 5.56 Å². The Hall–Kier alpha value is -2.43. The molecule has 1 N–H and O–H groups in total. The third-order valence-electron chi connectivity index (χ3n) is 2.69. The molecule has 1 aromatic carbocycles. The Morgan fingerprint density at radius 1 is 1.19 bits per heavy atom. The maximum Gasteiger partial charge on any atom is 0.449 e. The fraction of sp³-hybridized carbons (Fsp3) is 0.222. The van der Waals surface area contributed by atoms with Gasteiger partial charge in [-0.05, 0) is 6.92 Å². The van der Waals surface area contributed by atoms with E-state index in [0.717, 1.165) is 6.92 Å². The van der Waals surface area contributed by atoms with Crippen molar-refractivity contribution in [1.29, 1.82) is 0 Å². The number of aromatic amines is 1. The number of hydrogen-bond donors (Lipinski definition) is 1. The van der Waals surface area contributed by atoms with Crippen molar-refractivity contribution in [3.05, 3.63) is 36.6 Å². The van der Waals surface area contributed by atoms with Crippen LogP contribution in [0.25, 0.3) is 11.0 Å². The van der Waals surface area contributed by atoms with Gasteiger partial charge in [-0.3, -0.25) is 20.2 Å². The summed E-state index contributed by atoms with van der Waals surface area (Å²) < 4.78 is 37.9. The lowest BCUT2D eigenvalue weighted by molar-refractivity contribution is -0.387. The van der Waals surface area contributed by atoms with Crippen LogP contribution in [0.5, 0.6) is 0 Å². The lowest BCUT2D eigenvalue weighted by Gasteiger charge is -2.02. The quantitative estimate of drug-likeness (QED) is 0.671. The molecular weight excluding hydrogens is 321 g/mol. The number of halogens is 4. The predicted molar refractivity (Wildman–Crippen MR) is 64.2 cm³/mol. The van der Waals surface area contributed by atoms with Crippen molar-refractivity contribution in [1.82, 2.24) is 9.97 Å². The highest BCUT2D eigenvalue weighted by molar-refractivity contribution is 6.35. The highest BCUT2D eigenvalue weighted by atomic mass is 35.5. The Kier molecular flexibility index (Phi) is 3.24. The first kappa shape index (κ1) is 15.0. The van der Waals surface area contributed by atoms with Gasteiger partial charge >= 0.3 is 11.9 Å². The van der Waals surface area contributed by atoms with Crippen LogP contribution in [0.3, 0.4) is 0 Å². The number of rotatable bonds is 2. The van der Waals surface area contributed by atoms with Gasteiger partial charge in [0.15, 0.2) is 11.0 Å². The molecule has 2 aromatic rings. The van der Waals surface area contributed by atoms with E-state index in [2.05, 4.69) is 4.98 Å². The van der Waals surface area contributed by atoms with Crippen LogP contribution >= 0.6 is 11.6 Å². The zero-order valence-corrected chi connectivity index (χ0v) is 10.7. The second-order valence-electron chi connectivity index (χ2n) is 3.96. The molecule has 21 heavy (non-hydrogen) atoms. The molecule has 2 rings (SSSR count). The second-order valence-corrected chi connectivity index (χ2v) is 4.34. The Bertz CT molecular complexity index is 729. The van der Waals surface area contributed by atoms with Crippen LogP contribution in [0.4, 0.5) is 24.5 Å². The molecule has 8 nitrogen and oxygen atoms in total. The average Bonchev–Trinajstić information content (AvgIpc) is 2.72. The zero-order chi connectivity index (χ0) is 16.1. The van der Waals surface area contributed by atoms with Crippen molar-refractivity contribution in [2.45, 2.75) is 13.1 Å². The molecule has 0 saturated carbocycles. The van der Waals surface area contributed by atoms with Crippen LogP contribution in [0.15, 0.2) is 0 Å². The average molecular weight is 325 g/mol. The van der Waals surface area contributed by atoms with Crippen LogP contribution in [-0.2, 0) is 6.18 Å². The Labute approximate surface area is 117 Å². The van der Waals surface area contributed by atoms with Crippen LogP contribution < -0.4 is 0 Å². The van der Waals surface area contributed by atoms with Gasteiger partial charge in [-0.2, -0.15) is 13.2 Å². The first-order valence-electron chi connectivity index (χ1n) is 5.13. The van der Waals surface area contributed by atoms with Crippen molar-refractivity contribution in [3.63, 3.8) is 0 Å². The minimum atomic E-state index is -4.94. The molecular formula is C9H4ClF3N4O4. The molecule has 0 aliphatic rings. The molecule has 0 bridgehead atoms. The van der Waals surface area contributed by atoms with Gasteiger partial charge < -0.3 is 4.98 Å². The van der Waals surface area contributed by atoms with Gasteiger partial charge in [0.1, 0.15) is 5.02 Å². The summed E-state index contributed by atoms with van der Waals surface area (Å²) in [5, 5.41) is 21.3. The highest BCUT2D eigenvalue weighted by Crippen LogP contribution is 2.43. The van der Waals surface area contributed by atoms with Crippen molar-refractivity contribution >= 4 is 34.0 Å². The number of imidazole rings is 1. The summed E-state index contributed by atoms with van der Waals surface area (Å²) >= 11 is 5.66. The van der Waals surface area contributed by atoms with Crippen LogP contribution in [-0.4, -0.2) is 19.8 Å². The fourth-order valence-electron chi connectivity index (χ4n) is 1.82. The van der Waals surface area contributed by atoms with E-state index in [9.17, 15) is 33.4 Å². The van der Waals surface area contributed by atoms with Crippen LogP contribution in [0, 0.1) is 27.2 Å². The minimum absolute atomic E-state index is 0.321. The number of nitro benzene ring substituents is 2. The molecule has 1 aromatic heterocycles. The minimum Gasteiger partial charge on any atom is -0.328 e. The number of aromatic nitrogens is 2. The lowest BCUT2D eigenvalue weighted by Crippen LogP contribution is -2.07. The summed E-state index contributed by atoms with van der Waals surface area (Å²) in [5.41, 5.74) is -3.53. The standard InChI is InChI=1S/C9H4ClF3N4O4/c1-2-3(10)7(17(20)21)5-4(6(2)16(18)19)14-8(15-5)9(11,12)13/h1H3,(H,14,15). The number of nitrogens with one attached hydrogen (secondary N) is 1. The maximum atomic E-state index is 12.6. The Morgan fingerprint density at radius 3 is 2.14 bits per heavy atom. The second kappa shape index (κ2) is 4.55. The fourth-order valence-corrected chi connectivity index (χ4v) is 2.07. The Balaban J connectivity index is 3.03. The molecule has 0 radical (unpaired) electrons. The number of fused-ring (bicyclic) bond motifs is 1. The third-order valence-corrected chi connectivity index (χ3v) is 3.15. The highest BCUT2D eigenvalue weighted by Gasteiger charge is 2.39. The zero-order valence-electron chi connectivity index (χ0n) is 9.99. The van der Waals surface area contributed by atoms with E-state index in [1.807, 2.05) is 0 Å². The van der Waals surface area contributed by atoms with Gasteiger partial charge in [0, 0.05) is 0 Å². The number of H-pyrrole nitrogens is 1. The molecule has 0 fully saturated rings. The number of alkyl halides is 3. The molecule has 1 heterocycles. The van der Waals surface area contributed by atoms with Gasteiger partial charge in [0.05, 0.1) is 15.4 Å². The van der Waals surface area contributed by atoms with Gasteiger partial charge in [-0.25, -0.2) is 4.98 Å². The first-order valence-corrected chi connectivity index (χ1v) is 5.51. The maximum absolute atomic E-state index is 12.6. The van der Waals surface area contributed by atoms with Crippen molar-refractivity contribution in [2.75, 3.05) is 0 Å². The molecule has 0 spiro atoms. The lowest BCUT2D eigenvalue weighted by atomic mass is 10.1. The van der Waals surface area contributed by atoms with E-state index < -0.39 is 49.3 Å². The van der Waals surface area contributed by atoms with Crippen molar-refractivity contribution < 1.29 is 23.0 Å². The van der Waals surface area contributed by atoms with Crippen LogP contribution in [0.2, 0.25) is 5.02 Å². The Morgan fingerprint density at radius 2 is 1.71 bits per heavy atom. The van der Waals surface area contributed by atoms with Gasteiger partial charge in [-0.15, -0.1) is 0 Å². The number of nitro groups is 2. The molecule has 0 saturated heterocycles. The molecule has 0 atom stereocenters. The van der Waals surface area contributed by atoms with E-state index in [1.54, 1.807) is 4.98 Å². The number of hydrogen-bond acceptors (Lipinski definition) is 5. The summed E-state index contributed by atoms with van der Waals surface area (Å²) in [6.45, 7) is 1.10. The number of nitrogens with zero attached hydrogens (tertiary/aromatic N) is 3. The first-order chi connectivity index (χ1) is 9.55. The smallest absolute Gasteiger partial charge is 0.328 e. The van der Waals surface area contributed by atoms with Crippen LogP contribution in [0.1, 0.15) is 11.4 Å². The molecule has 12 heteroatoms. The van der Waals surface area contributed by atoms with E-state index in [4.69, 9.17) is 11.6 Å². The number of benzene rings is 1. The van der Waals surface area contributed by atoms with Gasteiger partial charge in [0.2, 0.25) is 5.82 Å². The van der Waals surface area contributed by atoms with Crippen molar-refractivity contribution in [3.8, 4) is 0 Å². The summed E-state index contributed by atoms with van der Waals surface area (Å²) in [4.78, 5) is 24.6. The van der Waals surface area contributed by atoms with Crippen molar-refractivity contribution in [2.24, 2.45) is 0 Å². The molecule has 112 valence electrons. The normalized spacial score (nSPS) is 11.9. The largest absolute Gasteiger partial charge is 0.449 e. The summed E-state index contributed by atoms with van der Waals surface area (Å²) in [6, 6.07) is 0. The molecule has 0 unspecified atom stereocenters. The topological polar surface area (TPSA) is 115 Å². The molecule has 0 aliphatic carbocycles. The van der Waals surface area contributed by atoms with E-state index in [1.165, 1.54) is 0 Å². The van der Waals surface area contributed by atoms with E-state index in [0.29, 0.717) is 0 Å². The summed E-state index contributed by atoms with van der Waals surface area (Å²) in [7, 11) is 0. The summed E-state index contributed by atoms with van der Waals surface area (Å²) in [6.07, 6.45) is -4.94. The van der Waals surface area contributed by atoms with Gasteiger partial charge in [0.25, 0.3) is 5.69 Å². The van der Waals surface area contributed by atoms with E-state index >= 15 is 0 Å².